The average molecular weight is 383 g/mol. The maximum absolute atomic E-state index is 6.11. The molecule has 0 saturated heterocycles. The number of anilines is 3. The summed E-state index contributed by atoms with van der Waals surface area (Å²) in [5, 5.41) is 4.52. The van der Waals surface area contributed by atoms with Gasteiger partial charge in [-0.15, -0.1) is 0 Å². The Labute approximate surface area is 159 Å². The van der Waals surface area contributed by atoms with Crippen molar-refractivity contribution in [1.82, 2.24) is 19.9 Å². The molecule has 0 aliphatic rings. The number of aryl methyl sites for hydroxylation is 2. The van der Waals surface area contributed by atoms with Gasteiger partial charge < -0.3 is 11.1 Å². The van der Waals surface area contributed by atoms with E-state index in [1.165, 1.54) is 11.3 Å². The lowest BCUT2D eigenvalue weighted by Gasteiger charge is -2.09. The van der Waals surface area contributed by atoms with E-state index >= 15 is 0 Å². The largest absolute Gasteiger partial charge is 0.382 e. The van der Waals surface area contributed by atoms with Gasteiger partial charge in [0.15, 0.2) is 21.6 Å². The average Bonchev–Trinajstić information content (AvgIpc) is 3.02. The fraction of sp³-hybridized carbons (Fsp3) is 0.111. The van der Waals surface area contributed by atoms with Gasteiger partial charge in [-0.3, -0.25) is 0 Å². The molecule has 3 N–H and O–H groups in total. The molecule has 0 aliphatic heterocycles. The van der Waals surface area contributed by atoms with Crippen LogP contribution in [0.2, 0.25) is 5.15 Å². The number of hydrogen-bond acceptors (Lipinski definition) is 7. The SMILES string of the molecule is Cc1cccc(C)c1Nc1nc2c(N)nc(-c3ccc(Cl)nc3)nc2s1. The van der Waals surface area contributed by atoms with Crippen LogP contribution in [-0.4, -0.2) is 19.9 Å². The molecule has 8 heteroatoms. The number of hydrogen-bond donors (Lipinski definition) is 2. The molecule has 0 aliphatic carbocycles. The molecular formula is C18H15ClN6S. The minimum Gasteiger partial charge on any atom is -0.382 e. The zero-order valence-electron chi connectivity index (χ0n) is 14.1. The smallest absolute Gasteiger partial charge is 0.189 e. The number of fused-ring (bicyclic) bond motifs is 1. The van der Waals surface area contributed by atoms with E-state index in [2.05, 4.69) is 51.2 Å². The van der Waals surface area contributed by atoms with E-state index in [0.717, 1.165) is 32.3 Å². The van der Waals surface area contributed by atoms with Crippen molar-refractivity contribution >= 4 is 49.9 Å². The lowest BCUT2D eigenvalue weighted by atomic mass is 10.1. The topological polar surface area (TPSA) is 89.6 Å². The van der Waals surface area contributed by atoms with Crippen LogP contribution in [0.5, 0.6) is 0 Å². The first-order valence-electron chi connectivity index (χ1n) is 7.90. The molecule has 4 rings (SSSR count). The first kappa shape index (κ1) is 16.7. The predicted molar refractivity (Wildman–Crippen MR) is 107 cm³/mol. The van der Waals surface area contributed by atoms with Crippen molar-refractivity contribution in [1.29, 1.82) is 0 Å². The maximum atomic E-state index is 6.11. The number of nitrogens with two attached hydrogens (primary N) is 1. The molecule has 0 atom stereocenters. The van der Waals surface area contributed by atoms with Gasteiger partial charge in [0.2, 0.25) is 0 Å². The molecule has 0 amide bonds. The van der Waals surface area contributed by atoms with E-state index in [1.54, 1.807) is 12.3 Å². The fourth-order valence-corrected chi connectivity index (χ4v) is 3.62. The van der Waals surface area contributed by atoms with Gasteiger partial charge >= 0.3 is 0 Å². The van der Waals surface area contributed by atoms with Crippen molar-refractivity contribution in [3.63, 3.8) is 0 Å². The van der Waals surface area contributed by atoms with E-state index in [0.29, 0.717) is 22.3 Å². The van der Waals surface area contributed by atoms with Crippen LogP contribution in [-0.2, 0) is 0 Å². The van der Waals surface area contributed by atoms with Crippen molar-refractivity contribution in [2.45, 2.75) is 13.8 Å². The molecule has 0 saturated carbocycles. The summed E-state index contributed by atoms with van der Waals surface area (Å²) in [6, 6.07) is 9.66. The van der Waals surface area contributed by atoms with Crippen molar-refractivity contribution in [2.24, 2.45) is 0 Å². The van der Waals surface area contributed by atoms with Crippen LogP contribution in [0.4, 0.5) is 16.6 Å². The van der Waals surface area contributed by atoms with Crippen LogP contribution >= 0.6 is 22.9 Å². The van der Waals surface area contributed by atoms with Crippen molar-refractivity contribution < 1.29 is 0 Å². The molecule has 0 bridgehead atoms. The van der Waals surface area contributed by atoms with E-state index in [4.69, 9.17) is 17.3 Å². The number of para-hydroxylation sites is 1. The Morgan fingerprint density at radius 3 is 2.50 bits per heavy atom. The number of thiazole rings is 1. The summed E-state index contributed by atoms with van der Waals surface area (Å²) in [4.78, 5) is 18.3. The van der Waals surface area contributed by atoms with Crippen LogP contribution in [0.25, 0.3) is 21.7 Å². The van der Waals surface area contributed by atoms with Crippen LogP contribution in [0.15, 0.2) is 36.5 Å². The van der Waals surface area contributed by atoms with Crippen molar-refractivity contribution in [3.05, 3.63) is 52.8 Å². The number of pyridine rings is 1. The zero-order chi connectivity index (χ0) is 18.3. The molecule has 0 fully saturated rings. The van der Waals surface area contributed by atoms with E-state index in [1.807, 2.05) is 12.1 Å². The molecule has 0 radical (unpaired) electrons. The molecule has 4 aromatic rings. The van der Waals surface area contributed by atoms with Gasteiger partial charge in [-0.2, -0.15) is 0 Å². The van der Waals surface area contributed by atoms with Crippen LogP contribution in [0, 0.1) is 13.8 Å². The van der Waals surface area contributed by atoms with Gasteiger partial charge in [0.1, 0.15) is 10.7 Å². The Morgan fingerprint density at radius 2 is 1.81 bits per heavy atom. The summed E-state index contributed by atoms with van der Waals surface area (Å²) in [6.45, 7) is 4.12. The molecule has 1 aromatic carbocycles. The standard InChI is InChI=1S/C18H15ClN6S/c1-9-4-3-5-10(2)13(9)22-18-23-14-15(20)24-16(25-17(14)26-18)11-6-7-12(19)21-8-11/h3-8H,1-2H3,(H,22,23)(H2,20,24,25). The van der Waals surface area contributed by atoms with E-state index in [-0.39, 0.29) is 0 Å². The zero-order valence-corrected chi connectivity index (χ0v) is 15.7. The normalized spacial score (nSPS) is 11.0. The highest BCUT2D eigenvalue weighted by Gasteiger charge is 2.14. The first-order valence-corrected chi connectivity index (χ1v) is 9.10. The second kappa shape index (κ2) is 6.51. The van der Waals surface area contributed by atoms with Crippen LogP contribution < -0.4 is 11.1 Å². The molecule has 6 nitrogen and oxygen atoms in total. The molecule has 26 heavy (non-hydrogen) atoms. The second-order valence-electron chi connectivity index (χ2n) is 5.87. The highest BCUT2D eigenvalue weighted by Crippen LogP contribution is 2.33. The third-order valence-corrected chi connectivity index (χ3v) is 5.07. The number of rotatable bonds is 3. The minimum atomic E-state index is 0.339. The summed E-state index contributed by atoms with van der Waals surface area (Å²) in [7, 11) is 0. The van der Waals surface area contributed by atoms with Crippen LogP contribution in [0.3, 0.4) is 0 Å². The lowest BCUT2D eigenvalue weighted by molar-refractivity contribution is 1.21. The summed E-state index contributed by atoms with van der Waals surface area (Å²) in [6.07, 6.45) is 1.62. The monoisotopic (exact) mass is 382 g/mol. The fourth-order valence-electron chi connectivity index (χ4n) is 2.65. The molecule has 3 aromatic heterocycles. The quantitative estimate of drug-likeness (QED) is 0.497. The first-order chi connectivity index (χ1) is 12.5. The van der Waals surface area contributed by atoms with Crippen LogP contribution in [0.1, 0.15) is 11.1 Å². The summed E-state index contributed by atoms with van der Waals surface area (Å²) in [5.74, 6) is 0.840. The van der Waals surface area contributed by atoms with Gasteiger partial charge in [0.25, 0.3) is 0 Å². The third-order valence-electron chi connectivity index (χ3n) is 3.98. The number of nitrogen functional groups attached to an aromatic ring is 1. The Balaban J connectivity index is 1.75. The number of halogens is 1. The van der Waals surface area contributed by atoms with E-state index < -0.39 is 0 Å². The molecule has 130 valence electrons. The minimum absolute atomic E-state index is 0.339. The Hall–Kier alpha value is -2.77. The number of nitrogens with zero attached hydrogens (tertiary/aromatic N) is 4. The number of nitrogens with one attached hydrogen (secondary N) is 1. The summed E-state index contributed by atoms with van der Waals surface area (Å²) < 4.78 is 0. The predicted octanol–water partition coefficient (Wildman–Crippen LogP) is 4.74. The second-order valence-corrected chi connectivity index (χ2v) is 7.23. The molecule has 0 unspecified atom stereocenters. The number of benzene rings is 1. The van der Waals surface area contributed by atoms with Gasteiger partial charge in [0, 0.05) is 17.4 Å². The highest BCUT2D eigenvalue weighted by molar-refractivity contribution is 7.21. The Morgan fingerprint density at radius 1 is 1.04 bits per heavy atom. The third kappa shape index (κ3) is 3.07. The number of aromatic nitrogens is 4. The van der Waals surface area contributed by atoms with Gasteiger partial charge in [-0.05, 0) is 37.1 Å². The molecule has 0 spiro atoms. The Bertz CT molecular complexity index is 1090. The lowest BCUT2D eigenvalue weighted by Crippen LogP contribution is -1.98. The van der Waals surface area contributed by atoms with Crippen molar-refractivity contribution in [3.8, 4) is 11.4 Å². The van der Waals surface area contributed by atoms with Gasteiger partial charge in [-0.1, -0.05) is 41.1 Å². The Kier molecular flexibility index (Phi) is 4.18. The van der Waals surface area contributed by atoms with Gasteiger partial charge in [0.05, 0.1) is 0 Å². The highest BCUT2D eigenvalue weighted by atomic mass is 35.5. The summed E-state index contributed by atoms with van der Waals surface area (Å²) in [5.41, 5.74) is 10.8. The maximum Gasteiger partial charge on any atom is 0.189 e. The van der Waals surface area contributed by atoms with E-state index in [9.17, 15) is 0 Å². The van der Waals surface area contributed by atoms with Gasteiger partial charge in [-0.25, -0.2) is 19.9 Å². The molecular weight excluding hydrogens is 368 g/mol. The molecule has 3 heterocycles. The van der Waals surface area contributed by atoms with Crippen molar-refractivity contribution in [2.75, 3.05) is 11.1 Å². The summed E-state index contributed by atoms with van der Waals surface area (Å²) >= 11 is 7.27.